The Bertz CT molecular complexity index is 2790. The van der Waals surface area contributed by atoms with Crippen LogP contribution in [-0.4, -0.2) is 4.57 Å². The summed E-state index contributed by atoms with van der Waals surface area (Å²) in [6.07, 6.45) is 0. The molecule has 0 saturated carbocycles. The zero-order valence-corrected chi connectivity index (χ0v) is 27.8. The molecule has 50 heavy (non-hydrogen) atoms. The Morgan fingerprint density at radius 3 is 1.76 bits per heavy atom. The van der Waals surface area contributed by atoms with Crippen LogP contribution in [0.25, 0.3) is 70.3 Å². The Balaban J connectivity index is 1.08. The number of aromatic nitrogens is 1. The van der Waals surface area contributed by atoms with E-state index < -0.39 is 0 Å². The third kappa shape index (κ3) is 4.73. The molecule has 3 aromatic heterocycles. The van der Waals surface area contributed by atoms with Gasteiger partial charge < -0.3 is 13.9 Å². The fraction of sp³-hybridized carbons (Fsp3) is 0. The number of rotatable bonds is 6. The minimum Gasteiger partial charge on any atom is -0.456 e. The predicted octanol–water partition coefficient (Wildman–Crippen LogP) is 13.5. The van der Waals surface area contributed by atoms with Crippen LogP contribution < -0.4 is 4.90 Å². The molecule has 0 saturated heterocycles. The quantitative estimate of drug-likeness (QED) is 0.177. The van der Waals surface area contributed by atoms with Crippen molar-refractivity contribution in [2.75, 3.05) is 4.90 Å². The van der Waals surface area contributed by atoms with E-state index in [2.05, 4.69) is 179 Å². The summed E-state index contributed by atoms with van der Waals surface area (Å²) in [6.45, 7) is 0. The Morgan fingerprint density at radius 1 is 0.420 bits per heavy atom. The van der Waals surface area contributed by atoms with Crippen LogP contribution in [-0.2, 0) is 0 Å². The molecule has 0 spiro atoms. The maximum Gasteiger partial charge on any atom is 0.135 e. The normalized spacial score (nSPS) is 11.6. The Hall–Kier alpha value is -6.36. The summed E-state index contributed by atoms with van der Waals surface area (Å²) in [5.74, 6) is 0. The highest BCUT2D eigenvalue weighted by Crippen LogP contribution is 2.43. The number of anilines is 3. The van der Waals surface area contributed by atoms with Gasteiger partial charge in [-0.3, -0.25) is 0 Å². The molecule has 0 aliphatic rings. The zero-order valence-electron chi connectivity index (χ0n) is 27.0. The van der Waals surface area contributed by atoms with Crippen molar-refractivity contribution >= 4 is 71.5 Å². The summed E-state index contributed by atoms with van der Waals surface area (Å²) in [5, 5.41) is 3.51. The molecule has 0 amide bonds. The number of fused-ring (bicyclic) bond motifs is 6. The average molecular weight is 659 g/mol. The molecule has 0 radical (unpaired) electrons. The smallest absolute Gasteiger partial charge is 0.135 e. The predicted molar refractivity (Wildman–Crippen MR) is 211 cm³/mol. The first-order valence-corrected chi connectivity index (χ1v) is 17.7. The van der Waals surface area contributed by atoms with E-state index in [0.29, 0.717) is 0 Å². The molecule has 7 aromatic carbocycles. The lowest BCUT2D eigenvalue weighted by molar-refractivity contribution is 0.669. The molecule has 0 unspecified atom stereocenters. The van der Waals surface area contributed by atoms with Crippen LogP contribution in [0, 0.1) is 0 Å². The Morgan fingerprint density at radius 2 is 1.00 bits per heavy atom. The molecule has 0 aliphatic heterocycles. The average Bonchev–Trinajstić information content (AvgIpc) is 3.87. The highest BCUT2D eigenvalue weighted by molar-refractivity contribution is 7.23. The SMILES string of the molecule is c1ccc(-c2ccc(N(c3ccc(-c4cc5c(s4)c4ccccc4n5-c4ccccc4)cc3)c3ccc4oc5ccccc5c4c3)cc2)cc1. The van der Waals surface area contributed by atoms with Gasteiger partial charge in [-0.05, 0) is 89.5 Å². The second-order valence-corrected chi connectivity index (χ2v) is 13.6. The third-order valence-corrected chi connectivity index (χ3v) is 10.8. The molecule has 0 bridgehead atoms. The van der Waals surface area contributed by atoms with Crippen LogP contribution in [0.3, 0.4) is 0 Å². The highest BCUT2D eigenvalue weighted by Gasteiger charge is 2.18. The number of hydrogen-bond acceptors (Lipinski definition) is 3. The second-order valence-electron chi connectivity index (χ2n) is 12.6. The van der Waals surface area contributed by atoms with E-state index in [9.17, 15) is 0 Å². The van der Waals surface area contributed by atoms with E-state index in [4.69, 9.17) is 4.42 Å². The Labute approximate surface area is 293 Å². The van der Waals surface area contributed by atoms with E-state index in [1.807, 2.05) is 23.5 Å². The fourth-order valence-electron chi connectivity index (χ4n) is 7.24. The van der Waals surface area contributed by atoms with Gasteiger partial charge in [0.15, 0.2) is 0 Å². The lowest BCUT2D eigenvalue weighted by Gasteiger charge is -2.26. The maximum atomic E-state index is 6.19. The molecule has 3 nitrogen and oxygen atoms in total. The van der Waals surface area contributed by atoms with Gasteiger partial charge in [-0.15, -0.1) is 11.3 Å². The van der Waals surface area contributed by atoms with Crippen molar-refractivity contribution in [2.24, 2.45) is 0 Å². The van der Waals surface area contributed by atoms with Crippen molar-refractivity contribution in [3.63, 3.8) is 0 Å². The van der Waals surface area contributed by atoms with Crippen molar-refractivity contribution in [3.8, 4) is 27.3 Å². The molecular weight excluding hydrogens is 629 g/mol. The fourth-order valence-corrected chi connectivity index (χ4v) is 8.42. The number of benzene rings is 7. The standard InChI is InChI=1S/C46H30N2OS/c1-3-11-31(12-4-1)32-19-23-35(24-20-32)47(37-27-28-44-40(29-37)38-15-8-10-18-43(38)49-44)36-25-21-33(22-26-36)45-30-42-46(50-45)39-16-7-9-17-41(39)48(42)34-13-5-2-6-14-34/h1-30H. The van der Waals surface area contributed by atoms with Gasteiger partial charge in [0.05, 0.1) is 15.7 Å². The topological polar surface area (TPSA) is 21.3 Å². The van der Waals surface area contributed by atoms with Gasteiger partial charge in [0.1, 0.15) is 11.2 Å². The van der Waals surface area contributed by atoms with E-state index in [1.165, 1.54) is 48.4 Å². The first kappa shape index (κ1) is 28.6. The summed E-state index contributed by atoms with van der Waals surface area (Å²) < 4.78 is 9.88. The molecule has 10 aromatic rings. The number of nitrogens with zero attached hydrogens (tertiary/aromatic N) is 2. The summed E-state index contributed by atoms with van der Waals surface area (Å²) in [4.78, 5) is 3.59. The first-order chi connectivity index (χ1) is 24.8. The van der Waals surface area contributed by atoms with Crippen LogP contribution in [0.15, 0.2) is 186 Å². The lowest BCUT2D eigenvalue weighted by atomic mass is 10.0. The molecule has 10 rings (SSSR count). The van der Waals surface area contributed by atoms with E-state index >= 15 is 0 Å². The lowest BCUT2D eigenvalue weighted by Crippen LogP contribution is -2.09. The van der Waals surface area contributed by atoms with E-state index in [1.54, 1.807) is 0 Å². The van der Waals surface area contributed by atoms with Crippen LogP contribution in [0.4, 0.5) is 17.1 Å². The molecule has 3 heterocycles. The Kier molecular flexibility index (Phi) is 6.68. The molecule has 0 aliphatic carbocycles. The van der Waals surface area contributed by atoms with Crippen molar-refractivity contribution in [2.45, 2.75) is 0 Å². The summed E-state index contributed by atoms with van der Waals surface area (Å²) in [5.41, 5.74) is 12.3. The number of hydrogen-bond donors (Lipinski definition) is 0. The van der Waals surface area contributed by atoms with Gasteiger partial charge in [-0.1, -0.05) is 109 Å². The highest BCUT2D eigenvalue weighted by atomic mass is 32.1. The van der Waals surface area contributed by atoms with Crippen LogP contribution >= 0.6 is 11.3 Å². The molecular formula is C46H30N2OS. The summed E-state index contributed by atoms with van der Waals surface area (Å²) in [6, 6.07) is 64.9. The van der Waals surface area contributed by atoms with Gasteiger partial charge >= 0.3 is 0 Å². The monoisotopic (exact) mass is 658 g/mol. The second kappa shape index (κ2) is 11.7. The van der Waals surface area contributed by atoms with E-state index in [-0.39, 0.29) is 0 Å². The third-order valence-electron chi connectivity index (χ3n) is 9.62. The molecule has 4 heteroatoms. The van der Waals surface area contributed by atoms with Gasteiger partial charge in [-0.2, -0.15) is 0 Å². The van der Waals surface area contributed by atoms with Crippen molar-refractivity contribution in [1.29, 1.82) is 0 Å². The van der Waals surface area contributed by atoms with Gasteiger partial charge in [0.2, 0.25) is 0 Å². The van der Waals surface area contributed by atoms with Gasteiger partial charge in [0, 0.05) is 43.8 Å². The van der Waals surface area contributed by atoms with Gasteiger partial charge in [0.25, 0.3) is 0 Å². The first-order valence-electron chi connectivity index (χ1n) is 16.8. The number of thiophene rings is 1. The van der Waals surface area contributed by atoms with E-state index in [0.717, 1.165) is 39.0 Å². The summed E-state index contributed by atoms with van der Waals surface area (Å²) in [7, 11) is 0. The minimum absolute atomic E-state index is 0.890. The number of para-hydroxylation sites is 3. The minimum atomic E-state index is 0.890. The molecule has 0 fully saturated rings. The zero-order chi connectivity index (χ0) is 33.0. The van der Waals surface area contributed by atoms with Crippen molar-refractivity contribution < 1.29 is 4.42 Å². The maximum absolute atomic E-state index is 6.19. The van der Waals surface area contributed by atoms with Crippen LogP contribution in [0.5, 0.6) is 0 Å². The number of furan rings is 1. The van der Waals surface area contributed by atoms with Crippen molar-refractivity contribution in [3.05, 3.63) is 182 Å². The van der Waals surface area contributed by atoms with Crippen molar-refractivity contribution in [1.82, 2.24) is 4.57 Å². The largest absolute Gasteiger partial charge is 0.456 e. The summed E-state index contributed by atoms with van der Waals surface area (Å²) >= 11 is 1.86. The molecule has 0 N–H and O–H groups in total. The molecule has 236 valence electrons. The van der Waals surface area contributed by atoms with Crippen LogP contribution in [0.1, 0.15) is 0 Å². The molecule has 0 atom stereocenters. The van der Waals surface area contributed by atoms with Crippen LogP contribution in [0.2, 0.25) is 0 Å². The van der Waals surface area contributed by atoms with Gasteiger partial charge in [-0.25, -0.2) is 0 Å².